The summed E-state index contributed by atoms with van der Waals surface area (Å²) in [7, 11) is 0. The number of carbonyl (C=O) groups excluding carboxylic acids is 2. The number of carbonyl (C=O) groups is 3. The summed E-state index contributed by atoms with van der Waals surface area (Å²) in [6.07, 6.45) is 7.08. The highest BCUT2D eigenvalue weighted by Crippen LogP contribution is 2.36. The first-order valence-corrected chi connectivity index (χ1v) is 12.9. The Bertz CT molecular complexity index is 1400. The van der Waals surface area contributed by atoms with Crippen LogP contribution in [0.5, 0.6) is 0 Å². The molecule has 196 valence electrons. The topological polar surface area (TPSA) is 127 Å². The van der Waals surface area contributed by atoms with Gasteiger partial charge in [-0.1, -0.05) is 35.9 Å². The van der Waals surface area contributed by atoms with Crippen molar-refractivity contribution in [2.24, 2.45) is 0 Å². The zero-order valence-electron chi connectivity index (χ0n) is 20.6. The molecular weight excluding hydrogens is 506 g/mol. The fraction of sp³-hybridized carbons (Fsp3) is 0.286. The molecule has 3 heterocycles. The zero-order valence-corrected chi connectivity index (χ0v) is 21.4. The molecule has 0 radical (unpaired) electrons. The lowest BCUT2D eigenvalue weighted by Gasteiger charge is -2.36. The number of aromatic nitrogens is 2. The maximum absolute atomic E-state index is 13.4. The highest BCUT2D eigenvalue weighted by molar-refractivity contribution is 6.30. The predicted octanol–water partition coefficient (Wildman–Crippen LogP) is 5.95. The van der Waals surface area contributed by atoms with E-state index >= 15 is 0 Å². The third-order valence-corrected chi connectivity index (χ3v) is 7.19. The SMILES string of the molecule is O=C(O)Nc1ccc2c(c1)NC(=O)CC/C=C/C[C@H](N1CCC(c3cccc(Cl)c3)CC1=O)c1nc-2c[nH]1. The number of piperidine rings is 1. The number of rotatable bonds is 3. The Hall–Kier alpha value is -4.11. The van der Waals surface area contributed by atoms with Crippen molar-refractivity contribution in [2.45, 2.75) is 44.1 Å². The van der Waals surface area contributed by atoms with E-state index in [1.165, 1.54) is 0 Å². The van der Waals surface area contributed by atoms with Gasteiger partial charge in [-0.2, -0.15) is 0 Å². The molecule has 2 aliphatic heterocycles. The molecule has 3 aromatic rings. The Labute approximate surface area is 224 Å². The first-order chi connectivity index (χ1) is 18.4. The molecular formula is C28H28ClN5O4. The van der Waals surface area contributed by atoms with E-state index < -0.39 is 6.09 Å². The number of imidazole rings is 1. The molecule has 0 saturated carbocycles. The molecule has 10 heteroatoms. The van der Waals surface area contributed by atoms with Crippen LogP contribution in [0, 0.1) is 0 Å². The van der Waals surface area contributed by atoms with E-state index in [0.29, 0.717) is 59.3 Å². The fourth-order valence-corrected chi connectivity index (χ4v) is 5.30. The maximum Gasteiger partial charge on any atom is 0.409 e. The zero-order chi connectivity index (χ0) is 26.6. The molecule has 9 nitrogen and oxygen atoms in total. The van der Waals surface area contributed by atoms with Crippen LogP contribution < -0.4 is 10.6 Å². The molecule has 3 amide bonds. The van der Waals surface area contributed by atoms with Crippen LogP contribution >= 0.6 is 11.6 Å². The van der Waals surface area contributed by atoms with Gasteiger partial charge in [-0.05, 0) is 61.1 Å². The van der Waals surface area contributed by atoms with Crippen molar-refractivity contribution < 1.29 is 19.5 Å². The first kappa shape index (κ1) is 25.5. The average molecular weight is 534 g/mol. The number of carboxylic acid groups (broad SMARTS) is 1. The number of nitrogens with zero attached hydrogens (tertiary/aromatic N) is 2. The third kappa shape index (κ3) is 5.73. The number of benzene rings is 2. The number of amides is 3. The van der Waals surface area contributed by atoms with Crippen molar-refractivity contribution in [2.75, 3.05) is 17.2 Å². The monoisotopic (exact) mass is 533 g/mol. The fourth-order valence-electron chi connectivity index (χ4n) is 5.10. The number of hydrogen-bond donors (Lipinski definition) is 4. The summed E-state index contributed by atoms with van der Waals surface area (Å²) in [5.41, 5.74) is 3.10. The number of halogens is 1. The predicted molar refractivity (Wildman–Crippen MR) is 145 cm³/mol. The van der Waals surface area contributed by atoms with Gasteiger partial charge in [0.2, 0.25) is 11.8 Å². The Balaban J connectivity index is 1.44. The lowest BCUT2D eigenvalue weighted by molar-refractivity contribution is -0.136. The number of fused-ring (bicyclic) bond motifs is 4. The minimum Gasteiger partial charge on any atom is -0.465 e. The number of nitrogens with one attached hydrogen (secondary N) is 3. The van der Waals surface area contributed by atoms with Crippen LogP contribution in [0.1, 0.15) is 55.5 Å². The molecule has 5 rings (SSSR count). The minimum absolute atomic E-state index is 0.0588. The largest absolute Gasteiger partial charge is 0.465 e. The van der Waals surface area contributed by atoms with Crippen molar-refractivity contribution in [3.63, 3.8) is 0 Å². The Kier molecular flexibility index (Phi) is 7.46. The Morgan fingerprint density at radius 3 is 2.82 bits per heavy atom. The summed E-state index contributed by atoms with van der Waals surface area (Å²) in [6.45, 7) is 0.589. The molecule has 2 aromatic carbocycles. The van der Waals surface area contributed by atoms with Gasteiger partial charge in [0.25, 0.3) is 0 Å². The number of hydrogen-bond acceptors (Lipinski definition) is 4. The van der Waals surface area contributed by atoms with Gasteiger partial charge in [-0.25, -0.2) is 9.78 Å². The molecule has 1 saturated heterocycles. The third-order valence-electron chi connectivity index (χ3n) is 6.95. The van der Waals surface area contributed by atoms with Crippen LogP contribution in [0.3, 0.4) is 0 Å². The number of allylic oxidation sites excluding steroid dienone is 1. The van der Waals surface area contributed by atoms with E-state index in [1.807, 2.05) is 41.3 Å². The smallest absolute Gasteiger partial charge is 0.409 e. The highest BCUT2D eigenvalue weighted by atomic mass is 35.5. The van der Waals surface area contributed by atoms with E-state index in [1.54, 1.807) is 24.4 Å². The van der Waals surface area contributed by atoms with Gasteiger partial charge in [0, 0.05) is 41.9 Å². The van der Waals surface area contributed by atoms with Crippen LogP contribution in [0.15, 0.2) is 60.8 Å². The average Bonchev–Trinajstić information content (AvgIpc) is 3.36. The van der Waals surface area contributed by atoms with Gasteiger partial charge in [0.1, 0.15) is 5.82 Å². The minimum atomic E-state index is -1.19. The standard InChI is InChI=1S/C28H28ClN5O4/c29-19-6-4-5-17(13-19)18-11-12-34(26(36)14-18)24-7-2-1-3-8-25(35)32-22-15-20(31-28(37)38)9-10-21(22)23-16-30-27(24)33-23/h1-2,4-6,9-10,13,15-16,18,24,31H,3,7-8,11-12,14H2,(H,30,33)(H,32,35)(H,37,38)/b2-1+/t18?,24-/m0/s1. The quantitative estimate of drug-likeness (QED) is 0.309. The van der Waals surface area contributed by atoms with Crippen LogP contribution in [0.2, 0.25) is 5.02 Å². The second kappa shape index (κ2) is 11.1. The maximum atomic E-state index is 13.4. The van der Waals surface area contributed by atoms with Gasteiger partial charge in [-0.3, -0.25) is 14.9 Å². The van der Waals surface area contributed by atoms with E-state index in [4.69, 9.17) is 21.7 Å². The summed E-state index contributed by atoms with van der Waals surface area (Å²) >= 11 is 6.18. The van der Waals surface area contributed by atoms with Crippen LogP contribution in [0.25, 0.3) is 11.3 Å². The molecule has 0 spiro atoms. The number of aromatic amines is 1. The van der Waals surface area contributed by atoms with Crippen molar-refractivity contribution >= 4 is 40.9 Å². The summed E-state index contributed by atoms with van der Waals surface area (Å²) in [4.78, 5) is 47.1. The van der Waals surface area contributed by atoms with E-state index in [0.717, 1.165) is 12.0 Å². The molecule has 2 bridgehead atoms. The lowest BCUT2D eigenvalue weighted by atomic mass is 9.88. The molecule has 0 aliphatic carbocycles. The Morgan fingerprint density at radius 2 is 2.03 bits per heavy atom. The normalized spacial score (nSPS) is 20.8. The summed E-state index contributed by atoms with van der Waals surface area (Å²) < 4.78 is 0. The van der Waals surface area contributed by atoms with Gasteiger partial charge in [0.05, 0.1) is 17.4 Å². The van der Waals surface area contributed by atoms with E-state index in [-0.39, 0.29) is 30.2 Å². The molecule has 1 aromatic heterocycles. The molecule has 1 unspecified atom stereocenters. The van der Waals surface area contributed by atoms with E-state index in [2.05, 4.69) is 15.6 Å². The Morgan fingerprint density at radius 1 is 1.16 bits per heavy atom. The van der Waals surface area contributed by atoms with Crippen molar-refractivity contribution in [3.8, 4) is 11.3 Å². The number of H-pyrrole nitrogens is 1. The summed E-state index contributed by atoms with van der Waals surface area (Å²) in [5, 5.41) is 15.0. The van der Waals surface area contributed by atoms with Crippen molar-refractivity contribution in [3.05, 3.63) is 77.2 Å². The lowest BCUT2D eigenvalue weighted by Crippen LogP contribution is -2.41. The van der Waals surface area contributed by atoms with Gasteiger partial charge >= 0.3 is 6.09 Å². The number of anilines is 2. The molecule has 2 atom stereocenters. The van der Waals surface area contributed by atoms with Gasteiger partial charge in [0.15, 0.2) is 0 Å². The molecule has 4 N–H and O–H groups in total. The number of likely N-dealkylation sites (tertiary alicyclic amines) is 1. The second-order valence-electron chi connectivity index (χ2n) is 9.50. The van der Waals surface area contributed by atoms with Crippen LogP contribution in [-0.4, -0.2) is 44.4 Å². The van der Waals surface area contributed by atoms with Crippen molar-refractivity contribution in [1.82, 2.24) is 14.9 Å². The highest BCUT2D eigenvalue weighted by Gasteiger charge is 2.33. The van der Waals surface area contributed by atoms with Gasteiger partial charge in [-0.15, -0.1) is 0 Å². The van der Waals surface area contributed by atoms with Gasteiger partial charge < -0.3 is 20.3 Å². The summed E-state index contributed by atoms with van der Waals surface area (Å²) in [6, 6.07) is 12.3. The van der Waals surface area contributed by atoms with Crippen molar-refractivity contribution in [1.29, 1.82) is 0 Å². The molecule has 2 aliphatic rings. The summed E-state index contributed by atoms with van der Waals surface area (Å²) in [5.74, 6) is 0.646. The second-order valence-corrected chi connectivity index (χ2v) is 9.94. The molecule has 38 heavy (non-hydrogen) atoms. The van der Waals surface area contributed by atoms with Crippen LogP contribution in [-0.2, 0) is 9.59 Å². The molecule has 1 fully saturated rings. The van der Waals surface area contributed by atoms with Crippen LogP contribution in [0.4, 0.5) is 16.2 Å². The van der Waals surface area contributed by atoms with E-state index in [9.17, 15) is 14.4 Å². The first-order valence-electron chi connectivity index (χ1n) is 12.6.